The molecule has 0 radical (unpaired) electrons. The lowest BCUT2D eigenvalue weighted by Crippen LogP contribution is -2.28. The fraction of sp³-hybridized carbons (Fsp3) is 0.714. The molecule has 6 heteroatoms. The van der Waals surface area contributed by atoms with Gasteiger partial charge in [-0.1, -0.05) is 18.7 Å². The molecule has 5 nitrogen and oxygen atoms in total. The summed E-state index contributed by atoms with van der Waals surface area (Å²) in [6, 6.07) is 0.335. The number of thioether (sulfide) groups is 1. The molecular formula is C14H23N3O2S. The van der Waals surface area contributed by atoms with E-state index in [0.29, 0.717) is 6.04 Å². The van der Waals surface area contributed by atoms with Gasteiger partial charge in [0, 0.05) is 24.5 Å². The van der Waals surface area contributed by atoms with Crippen molar-refractivity contribution in [1.29, 1.82) is 0 Å². The molecule has 1 N–H and O–H groups in total. The van der Waals surface area contributed by atoms with E-state index in [1.165, 1.54) is 43.4 Å². The quantitative estimate of drug-likeness (QED) is 0.782. The Bertz CT molecular complexity index is 455. The molecule has 0 saturated carbocycles. The number of hydrogen-bond donors (Lipinski definition) is 1. The highest BCUT2D eigenvalue weighted by Crippen LogP contribution is 2.25. The Morgan fingerprint density at radius 3 is 2.80 bits per heavy atom. The second kappa shape index (κ2) is 7.13. The lowest BCUT2D eigenvalue weighted by atomic mass is 10.2. The molecule has 2 heterocycles. The summed E-state index contributed by atoms with van der Waals surface area (Å²) < 4.78 is 2.21. The van der Waals surface area contributed by atoms with Crippen LogP contribution in [-0.2, 0) is 11.2 Å². The molecule has 0 aliphatic carbocycles. The highest BCUT2D eigenvalue weighted by atomic mass is 32.2. The van der Waals surface area contributed by atoms with Gasteiger partial charge in [-0.05, 0) is 39.3 Å². The summed E-state index contributed by atoms with van der Waals surface area (Å²) >= 11 is 1.31. The first-order chi connectivity index (χ1) is 9.61. The van der Waals surface area contributed by atoms with E-state index in [1.54, 1.807) is 0 Å². The van der Waals surface area contributed by atoms with E-state index < -0.39 is 5.97 Å². The molecule has 1 aromatic rings. The Morgan fingerprint density at radius 1 is 1.50 bits per heavy atom. The van der Waals surface area contributed by atoms with Crippen LogP contribution in [0.3, 0.4) is 0 Å². The van der Waals surface area contributed by atoms with Crippen LogP contribution in [0.15, 0.2) is 11.4 Å². The number of aliphatic carboxylic acids is 1. The van der Waals surface area contributed by atoms with Crippen molar-refractivity contribution in [3.05, 3.63) is 11.9 Å². The van der Waals surface area contributed by atoms with Crippen LogP contribution >= 0.6 is 11.8 Å². The minimum absolute atomic E-state index is 0.0661. The van der Waals surface area contributed by atoms with Crippen LogP contribution in [0, 0.1) is 0 Å². The van der Waals surface area contributed by atoms with E-state index in [0.717, 1.165) is 18.1 Å². The summed E-state index contributed by atoms with van der Waals surface area (Å²) in [4.78, 5) is 17.6. The molecule has 1 fully saturated rings. The monoisotopic (exact) mass is 297 g/mol. The van der Waals surface area contributed by atoms with Gasteiger partial charge in [0.2, 0.25) is 0 Å². The van der Waals surface area contributed by atoms with E-state index in [4.69, 9.17) is 5.11 Å². The van der Waals surface area contributed by atoms with Gasteiger partial charge in [0.1, 0.15) is 0 Å². The zero-order valence-electron chi connectivity index (χ0n) is 12.2. The van der Waals surface area contributed by atoms with Gasteiger partial charge < -0.3 is 14.6 Å². The molecule has 1 saturated heterocycles. The van der Waals surface area contributed by atoms with Crippen molar-refractivity contribution >= 4 is 17.7 Å². The molecule has 0 bridgehead atoms. The fourth-order valence-corrected chi connectivity index (χ4v) is 3.58. The standard InChI is InChI=1S/C14H23N3O2S/c1-3-12-8-15-14(20-10-13(18)19)17(12)11(2)9-16-6-4-5-7-16/h8,11H,3-7,9-10H2,1-2H3,(H,18,19). The van der Waals surface area contributed by atoms with E-state index >= 15 is 0 Å². The smallest absolute Gasteiger partial charge is 0.313 e. The summed E-state index contributed by atoms with van der Waals surface area (Å²) in [5.41, 5.74) is 1.18. The Balaban J connectivity index is 2.09. The number of hydrogen-bond acceptors (Lipinski definition) is 4. The van der Waals surface area contributed by atoms with E-state index in [9.17, 15) is 4.79 Å². The number of aryl methyl sites for hydroxylation is 1. The summed E-state index contributed by atoms with van der Waals surface area (Å²) in [6.07, 6.45) is 5.38. The molecule has 1 aliphatic rings. The van der Waals surface area contributed by atoms with Gasteiger partial charge >= 0.3 is 5.97 Å². The Morgan fingerprint density at radius 2 is 2.20 bits per heavy atom. The minimum atomic E-state index is -0.796. The van der Waals surface area contributed by atoms with Crippen LogP contribution in [-0.4, -0.2) is 50.9 Å². The second-order valence-corrected chi connectivity index (χ2v) is 6.24. The van der Waals surface area contributed by atoms with Crippen molar-refractivity contribution in [2.24, 2.45) is 0 Å². The number of carboxylic acid groups (broad SMARTS) is 1. The van der Waals surface area contributed by atoms with Gasteiger partial charge in [0.05, 0.1) is 5.75 Å². The Kier molecular flexibility index (Phi) is 5.48. The van der Waals surface area contributed by atoms with Crippen LogP contribution < -0.4 is 0 Å². The molecule has 1 aromatic heterocycles. The summed E-state index contributed by atoms with van der Waals surface area (Å²) in [7, 11) is 0. The maximum Gasteiger partial charge on any atom is 0.313 e. The van der Waals surface area contributed by atoms with Crippen LogP contribution in [0.5, 0.6) is 0 Å². The third-order valence-corrected chi connectivity index (χ3v) is 4.64. The van der Waals surface area contributed by atoms with Gasteiger partial charge in [-0.3, -0.25) is 4.79 Å². The first-order valence-corrected chi connectivity index (χ1v) is 8.23. The molecule has 0 spiro atoms. The lowest BCUT2D eigenvalue weighted by molar-refractivity contribution is -0.133. The SMILES string of the molecule is CCc1cnc(SCC(=O)O)n1C(C)CN1CCCC1. The normalized spacial score (nSPS) is 17.5. The molecule has 1 unspecified atom stereocenters. The molecule has 0 aromatic carbocycles. The van der Waals surface area contributed by atoms with Gasteiger partial charge in [0.15, 0.2) is 5.16 Å². The van der Waals surface area contributed by atoms with Crippen molar-refractivity contribution in [2.75, 3.05) is 25.4 Å². The van der Waals surface area contributed by atoms with Gasteiger partial charge in [0.25, 0.3) is 0 Å². The van der Waals surface area contributed by atoms with E-state index in [-0.39, 0.29) is 5.75 Å². The van der Waals surface area contributed by atoms with Crippen molar-refractivity contribution in [2.45, 2.75) is 44.3 Å². The Labute approximate surface area is 124 Å². The molecule has 112 valence electrons. The van der Waals surface area contributed by atoms with Crippen molar-refractivity contribution in [3.63, 3.8) is 0 Å². The largest absolute Gasteiger partial charge is 0.481 e. The first kappa shape index (κ1) is 15.4. The van der Waals surface area contributed by atoms with Gasteiger partial charge in [-0.15, -0.1) is 0 Å². The molecular weight excluding hydrogens is 274 g/mol. The topological polar surface area (TPSA) is 58.4 Å². The van der Waals surface area contributed by atoms with Gasteiger partial charge in [-0.25, -0.2) is 4.98 Å². The van der Waals surface area contributed by atoms with Crippen molar-refractivity contribution < 1.29 is 9.90 Å². The van der Waals surface area contributed by atoms with Crippen LogP contribution in [0.4, 0.5) is 0 Å². The number of carboxylic acids is 1. The highest BCUT2D eigenvalue weighted by Gasteiger charge is 2.20. The average Bonchev–Trinajstić information content (AvgIpc) is 3.04. The minimum Gasteiger partial charge on any atom is -0.481 e. The molecule has 2 rings (SSSR count). The van der Waals surface area contributed by atoms with Crippen LogP contribution in [0.1, 0.15) is 38.4 Å². The number of aromatic nitrogens is 2. The van der Waals surface area contributed by atoms with Crippen molar-refractivity contribution in [3.8, 4) is 0 Å². The number of rotatable bonds is 7. The number of nitrogens with zero attached hydrogens (tertiary/aromatic N) is 3. The van der Waals surface area contributed by atoms with E-state index in [1.807, 2.05) is 6.20 Å². The predicted molar refractivity (Wildman–Crippen MR) is 80.3 cm³/mol. The summed E-state index contributed by atoms with van der Waals surface area (Å²) in [5.74, 6) is -0.730. The summed E-state index contributed by atoms with van der Waals surface area (Å²) in [5, 5.41) is 9.66. The zero-order valence-corrected chi connectivity index (χ0v) is 13.0. The molecule has 20 heavy (non-hydrogen) atoms. The van der Waals surface area contributed by atoms with E-state index in [2.05, 4.69) is 28.3 Å². The molecule has 1 atom stereocenters. The maximum absolute atomic E-state index is 10.7. The third kappa shape index (κ3) is 3.76. The van der Waals surface area contributed by atoms with Gasteiger partial charge in [-0.2, -0.15) is 0 Å². The van der Waals surface area contributed by atoms with Crippen LogP contribution in [0.2, 0.25) is 0 Å². The molecule has 0 amide bonds. The maximum atomic E-state index is 10.7. The Hall–Kier alpha value is -1.01. The number of imidazole rings is 1. The molecule has 1 aliphatic heterocycles. The summed E-state index contributed by atoms with van der Waals surface area (Å²) in [6.45, 7) is 7.69. The third-order valence-electron chi connectivity index (χ3n) is 3.69. The predicted octanol–water partition coefficient (Wildman–Crippen LogP) is 2.28. The average molecular weight is 297 g/mol. The first-order valence-electron chi connectivity index (χ1n) is 7.24. The van der Waals surface area contributed by atoms with Crippen LogP contribution in [0.25, 0.3) is 0 Å². The number of likely N-dealkylation sites (tertiary alicyclic amines) is 1. The number of carbonyl (C=O) groups is 1. The second-order valence-electron chi connectivity index (χ2n) is 5.29. The van der Waals surface area contributed by atoms with Crippen molar-refractivity contribution in [1.82, 2.24) is 14.5 Å². The lowest BCUT2D eigenvalue weighted by Gasteiger charge is -2.24. The zero-order chi connectivity index (χ0) is 14.5. The highest BCUT2D eigenvalue weighted by molar-refractivity contribution is 7.99. The fourth-order valence-electron chi connectivity index (χ4n) is 2.76.